The van der Waals surface area contributed by atoms with Crippen molar-refractivity contribution in [1.29, 1.82) is 0 Å². The zero-order valence-corrected chi connectivity index (χ0v) is 34.9. The van der Waals surface area contributed by atoms with Gasteiger partial charge in [0.2, 0.25) is 5.88 Å². The summed E-state index contributed by atoms with van der Waals surface area (Å²) in [5, 5.41) is 11.6. The van der Waals surface area contributed by atoms with Crippen LogP contribution in [-0.4, -0.2) is 55.5 Å². The zero-order chi connectivity index (χ0) is 36.5. The van der Waals surface area contributed by atoms with Gasteiger partial charge in [0.1, 0.15) is 33.0 Å². The van der Waals surface area contributed by atoms with E-state index in [1.54, 1.807) is 20.2 Å². The van der Waals surface area contributed by atoms with Gasteiger partial charge >= 0.3 is 0 Å². The van der Waals surface area contributed by atoms with E-state index in [1.807, 2.05) is 30.3 Å². The summed E-state index contributed by atoms with van der Waals surface area (Å²) < 4.78 is 35.0. The third-order valence-electron chi connectivity index (χ3n) is 9.65. The van der Waals surface area contributed by atoms with Gasteiger partial charge in [-0.25, -0.2) is 18.6 Å². The van der Waals surface area contributed by atoms with Crippen LogP contribution in [0.1, 0.15) is 84.4 Å². The largest absolute Gasteiger partial charge is 0.481 e. The molecule has 1 unspecified atom stereocenters. The summed E-state index contributed by atoms with van der Waals surface area (Å²) in [4.78, 5) is 22.8. The van der Waals surface area contributed by atoms with E-state index in [1.165, 1.54) is 6.20 Å². The first kappa shape index (κ1) is 40.2. The molecule has 0 aliphatic heterocycles. The quantitative estimate of drug-likeness (QED) is 0.179. The molecular formula is C35H56N4O5S2Si2. The molecule has 2 N–H and O–H groups in total. The summed E-state index contributed by atoms with van der Waals surface area (Å²) in [6.45, 7) is 27.0. The number of ether oxygens (including phenoxy) is 1. The number of methoxy groups -OCH3 is 1. The number of rotatable bonds is 12. The Hall–Kier alpha value is -2.27. The van der Waals surface area contributed by atoms with Gasteiger partial charge in [0.05, 0.1) is 26.3 Å². The second-order valence-electron chi connectivity index (χ2n) is 16.1. The van der Waals surface area contributed by atoms with E-state index in [0.29, 0.717) is 15.1 Å². The number of thiazole rings is 1. The summed E-state index contributed by atoms with van der Waals surface area (Å²) in [7, 11) is -6.55. The number of carbonyl (C=O) groups excluding carboxylic acids is 1. The summed E-state index contributed by atoms with van der Waals surface area (Å²) in [6.07, 6.45) is 3.11. The van der Waals surface area contributed by atoms with Crippen LogP contribution in [0.2, 0.25) is 36.3 Å². The molecule has 0 bridgehead atoms. The summed E-state index contributed by atoms with van der Waals surface area (Å²) in [6, 6.07) is 9.69. The third-order valence-corrected chi connectivity index (χ3v) is 24.1. The Balaban J connectivity index is 2.12. The minimum Gasteiger partial charge on any atom is -0.481 e. The van der Waals surface area contributed by atoms with Gasteiger partial charge in [-0.2, -0.15) is 0 Å². The number of nitrogens with zero attached hydrogens (tertiary/aromatic N) is 3. The number of pyridine rings is 1. The molecule has 0 saturated heterocycles. The van der Waals surface area contributed by atoms with E-state index in [4.69, 9.17) is 9.16 Å². The molecule has 1 aromatic carbocycles. The molecule has 2 aromatic heterocycles. The van der Waals surface area contributed by atoms with Crippen LogP contribution in [-0.2, 0) is 31.2 Å². The van der Waals surface area contributed by atoms with Crippen molar-refractivity contribution in [2.24, 2.45) is 4.36 Å². The lowest BCUT2D eigenvalue weighted by Crippen LogP contribution is -2.54. The summed E-state index contributed by atoms with van der Waals surface area (Å²) >= 11 is 1.11. The average Bonchev–Trinajstić information content (AvgIpc) is 3.47. The van der Waals surface area contributed by atoms with Crippen LogP contribution in [0.4, 0.5) is 0 Å². The molecule has 1 amide bonds. The van der Waals surface area contributed by atoms with Crippen LogP contribution in [0.25, 0.3) is 11.1 Å². The van der Waals surface area contributed by atoms with Crippen LogP contribution in [0.5, 0.6) is 5.88 Å². The first-order chi connectivity index (χ1) is 21.8. The first-order valence-corrected chi connectivity index (χ1v) is 24.6. The molecule has 0 radical (unpaired) electrons. The van der Waals surface area contributed by atoms with Crippen LogP contribution < -0.4 is 9.12 Å². The molecule has 266 valence electrons. The predicted molar refractivity (Wildman–Crippen MR) is 203 cm³/mol. The molecular weight excluding hydrogens is 677 g/mol. The number of hydrogen-bond donors (Lipinski definition) is 2. The van der Waals surface area contributed by atoms with Crippen LogP contribution in [0.15, 0.2) is 51.3 Å². The van der Waals surface area contributed by atoms with Crippen molar-refractivity contribution in [3.63, 3.8) is 0 Å². The van der Waals surface area contributed by atoms with Crippen molar-refractivity contribution >= 4 is 43.7 Å². The van der Waals surface area contributed by atoms with E-state index in [0.717, 1.165) is 33.6 Å². The minimum atomic E-state index is -3.49. The average molecular weight is 733 g/mol. The van der Waals surface area contributed by atoms with E-state index in [2.05, 4.69) is 100 Å². The maximum atomic E-state index is 15.1. The SMILES string of the molecule is COc1cc(-c2cccc(C(C)C)c2CC(=O)N=S(=O)(N[Si](C)(C)C(C)(C)C)c2cnc([C@@](C)(O)CO[Si](C)(C)C(C)(C)C)s2)ccn1. The Morgan fingerprint density at radius 1 is 1.04 bits per heavy atom. The smallest absolute Gasteiger partial charge is 0.259 e. The molecule has 9 nitrogen and oxygen atoms in total. The second kappa shape index (κ2) is 14.5. The van der Waals surface area contributed by atoms with E-state index < -0.39 is 38.0 Å². The maximum Gasteiger partial charge on any atom is 0.259 e. The number of aliphatic hydroxyl groups is 1. The van der Waals surface area contributed by atoms with Crippen molar-refractivity contribution in [1.82, 2.24) is 14.4 Å². The number of amides is 1. The van der Waals surface area contributed by atoms with Gasteiger partial charge in [0.15, 0.2) is 8.32 Å². The first-order valence-electron chi connectivity index (χ1n) is 16.4. The third kappa shape index (κ3) is 9.29. The summed E-state index contributed by atoms with van der Waals surface area (Å²) in [5.41, 5.74) is 2.14. The molecule has 0 aliphatic carbocycles. The number of benzene rings is 1. The Bertz CT molecular complexity index is 1730. The zero-order valence-electron chi connectivity index (χ0n) is 31.3. The Labute approximate surface area is 294 Å². The molecule has 3 rings (SSSR count). The fourth-order valence-corrected chi connectivity index (χ4v) is 12.6. The van der Waals surface area contributed by atoms with E-state index in [9.17, 15) is 9.90 Å². The topological polar surface area (TPSA) is 123 Å². The fourth-order valence-electron chi connectivity index (χ4n) is 4.48. The van der Waals surface area contributed by atoms with Crippen molar-refractivity contribution in [3.05, 3.63) is 58.9 Å². The molecule has 0 fully saturated rings. The number of aromatic nitrogens is 2. The molecule has 2 atom stereocenters. The fraction of sp³-hybridized carbons (Fsp3) is 0.571. The molecule has 0 saturated carbocycles. The Kier molecular flexibility index (Phi) is 12.2. The van der Waals surface area contributed by atoms with Crippen LogP contribution in [0, 0.1) is 0 Å². The molecule has 13 heteroatoms. The number of carbonyl (C=O) groups is 1. The van der Waals surface area contributed by atoms with Gasteiger partial charge < -0.3 is 14.3 Å². The second-order valence-corrected chi connectivity index (χ2v) is 29.4. The monoisotopic (exact) mass is 732 g/mol. The van der Waals surface area contributed by atoms with Gasteiger partial charge in [-0.05, 0) is 64.3 Å². The van der Waals surface area contributed by atoms with Crippen LogP contribution >= 0.6 is 11.3 Å². The molecule has 2 heterocycles. The highest BCUT2D eigenvalue weighted by Gasteiger charge is 2.42. The van der Waals surface area contributed by atoms with Crippen LogP contribution in [0.3, 0.4) is 0 Å². The van der Waals surface area contributed by atoms with Gasteiger partial charge in [-0.15, -0.1) is 15.7 Å². The predicted octanol–water partition coefficient (Wildman–Crippen LogP) is 8.67. The Morgan fingerprint density at radius 3 is 2.25 bits per heavy atom. The highest BCUT2D eigenvalue weighted by Crippen LogP contribution is 2.40. The van der Waals surface area contributed by atoms with Gasteiger partial charge in [-0.3, -0.25) is 4.79 Å². The standard InChI is InChI=1S/C35H56N4O5S2Si2/c1-24(2)26-16-15-17-27(25-18-19-36-30(20-25)43-10)28(26)21-29(40)38-46(42,39-47(11,12)33(3,4)5)31-22-37-32(45-31)35(9,41)23-44-48(13,14)34(6,7)8/h15-20,22,24,41H,21,23H2,1-14H3,(H,38,39,40,42)/t35-,46?/m0/s1. The number of hydrogen-bond acceptors (Lipinski definition) is 8. The molecule has 48 heavy (non-hydrogen) atoms. The van der Waals surface area contributed by atoms with Gasteiger partial charge in [0.25, 0.3) is 5.91 Å². The highest BCUT2D eigenvalue weighted by molar-refractivity contribution is 7.95. The van der Waals surface area contributed by atoms with Crippen molar-refractivity contribution < 1.29 is 23.3 Å². The normalized spacial score (nSPS) is 15.6. The lowest BCUT2D eigenvalue weighted by Gasteiger charge is -2.38. The molecule has 3 aromatic rings. The van der Waals surface area contributed by atoms with Gasteiger partial charge in [0, 0.05) is 12.3 Å². The molecule has 0 spiro atoms. The van der Waals surface area contributed by atoms with Crippen molar-refractivity contribution in [3.8, 4) is 17.0 Å². The van der Waals surface area contributed by atoms with Gasteiger partial charge in [-0.1, -0.05) is 86.7 Å². The lowest BCUT2D eigenvalue weighted by atomic mass is 9.88. The lowest BCUT2D eigenvalue weighted by molar-refractivity contribution is -0.117. The highest BCUT2D eigenvalue weighted by atomic mass is 32.2. The molecule has 0 aliphatic rings. The van der Waals surface area contributed by atoms with E-state index in [-0.39, 0.29) is 29.0 Å². The number of nitrogens with one attached hydrogen (secondary N) is 1. The minimum absolute atomic E-state index is 0.0325. The van der Waals surface area contributed by atoms with Crippen molar-refractivity contribution in [2.75, 3.05) is 13.7 Å². The van der Waals surface area contributed by atoms with E-state index >= 15 is 4.21 Å². The Morgan fingerprint density at radius 2 is 1.69 bits per heavy atom. The van der Waals surface area contributed by atoms with Crippen molar-refractivity contribution in [2.45, 2.75) is 121 Å². The summed E-state index contributed by atoms with van der Waals surface area (Å²) in [5.74, 6) is 0.0909. The maximum absolute atomic E-state index is 15.1.